The summed E-state index contributed by atoms with van der Waals surface area (Å²) in [6.45, 7) is 0.164. The molecule has 2 N–H and O–H groups in total. The van der Waals surface area contributed by atoms with Crippen LogP contribution in [0.1, 0.15) is 59.6 Å². The van der Waals surface area contributed by atoms with Crippen molar-refractivity contribution >= 4 is 17.7 Å². The summed E-state index contributed by atoms with van der Waals surface area (Å²) in [7, 11) is 1.29. The number of ether oxygens (including phenoxy) is 1. The van der Waals surface area contributed by atoms with Gasteiger partial charge in [0.05, 0.1) is 30.7 Å². The zero-order valence-corrected chi connectivity index (χ0v) is 20.8. The summed E-state index contributed by atoms with van der Waals surface area (Å²) in [6, 6.07) is 8.01. The molecular weight excluding hydrogens is 499 g/mol. The van der Waals surface area contributed by atoms with Crippen LogP contribution in [0.5, 0.6) is 0 Å². The highest BCUT2D eigenvalue weighted by molar-refractivity contribution is 5.94. The van der Waals surface area contributed by atoms with E-state index in [0.717, 1.165) is 43.4 Å². The van der Waals surface area contributed by atoms with E-state index in [-0.39, 0.29) is 24.9 Å². The third kappa shape index (κ3) is 6.84. The molecule has 200 valence electrons. The Bertz CT molecular complexity index is 1230. The monoisotopic (exact) mass is 527 g/mol. The smallest absolute Gasteiger partial charge is 0.416 e. The highest BCUT2D eigenvalue weighted by Crippen LogP contribution is 2.37. The minimum Gasteiger partial charge on any atom is -0.469 e. The molecule has 8 nitrogen and oxygen atoms in total. The number of methoxy groups -OCH3 is 1. The summed E-state index contributed by atoms with van der Waals surface area (Å²) >= 11 is 0. The molecule has 0 bridgehead atoms. The lowest BCUT2D eigenvalue weighted by atomic mass is 9.93. The molecule has 1 atom stereocenters. The van der Waals surface area contributed by atoms with Crippen LogP contribution in [0.2, 0.25) is 0 Å². The van der Waals surface area contributed by atoms with E-state index in [0.29, 0.717) is 28.7 Å². The van der Waals surface area contributed by atoms with Crippen LogP contribution in [0.15, 0.2) is 55.0 Å². The van der Waals surface area contributed by atoms with Gasteiger partial charge in [-0.3, -0.25) is 9.59 Å². The molecule has 1 fully saturated rings. The lowest BCUT2D eigenvalue weighted by molar-refractivity contribution is -0.140. The van der Waals surface area contributed by atoms with Gasteiger partial charge in [-0.05, 0) is 43.0 Å². The highest BCUT2D eigenvalue weighted by atomic mass is 19.4. The number of halogens is 3. The van der Waals surface area contributed by atoms with Crippen molar-refractivity contribution in [2.24, 2.45) is 5.92 Å². The lowest BCUT2D eigenvalue weighted by Crippen LogP contribution is -2.26. The molecule has 0 aliphatic heterocycles. The SMILES string of the molecule is COC(=O)CCNC(=O)c1ccc(NC(c2cnc(-c3ccc(C(F)(F)F)cc3)nc2)C2CCCC2)nc1. The molecule has 1 aliphatic carbocycles. The van der Waals surface area contributed by atoms with Crippen LogP contribution in [0.4, 0.5) is 19.0 Å². The van der Waals surface area contributed by atoms with E-state index < -0.39 is 17.7 Å². The fourth-order valence-electron chi connectivity index (χ4n) is 4.48. The largest absolute Gasteiger partial charge is 0.469 e. The third-order valence-electron chi connectivity index (χ3n) is 6.54. The molecule has 0 spiro atoms. The number of esters is 1. The van der Waals surface area contributed by atoms with Crippen LogP contribution in [-0.4, -0.2) is 40.5 Å². The summed E-state index contributed by atoms with van der Waals surface area (Å²) in [4.78, 5) is 36.7. The van der Waals surface area contributed by atoms with E-state index in [2.05, 4.69) is 30.3 Å². The van der Waals surface area contributed by atoms with Crippen molar-refractivity contribution in [1.29, 1.82) is 0 Å². The molecule has 2 aromatic heterocycles. The Hall–Kier alpha value is -4.02. The van der Waals surface area contributed by atoms with Crippen LogP contribution in [0.25, 0.3) is 11.4 Å². The molecule has 3 aromatic rings. The number of carbonyl (C=O) groups is 2. The van der Waals surface area contributed by atoms with E-state index in [1.54, 1.807) is 24.5 Å². The predicted molar refractivity (Wildman–Crippen MR) is 134 cm³/mol. The average Bonchev–Trinajstić information content (AvgIpc) is 3.46. The number of hydrogen-bond acceptors (Lipinski definition) is 7. The number of anilines is 1. The molecule has 0 saturated heterocycles. The highest BCUT2D eigenvalue weighted by Gasteiger charge is 2.30. The molecule has 1 amide bonds. The number of alkyl halides is 3. The maximum atomic E-state index is 12.9. The van der Waals surface area contributed by atoms with Gasteiger partial charge in [-0.15, -0.1) is 0 Å². The Kier molecular flexibility index (Phi) is 8.55. The molecule has 11 heteroatoms. The third-order valence-corrected chi connectivity index (χ3v) is 6.54. The molecule has 0 radical (unpaired) electrons. The fourth-order valence-corrected chi connectivity index (χ4v) is 4.48. The van der Waals surface area contributed by atoms with Crippen molar-refractivity contribution < 1.29 is 27.5 Å². The number of hydrogen-bond donors (Lipinski definition) is 2. The summed E-state index contributed by atoms with van der Waals surface area (Å²) in [5.74, 6) is 0.511. The first kappa shape index (κ1) is 27.0. The number of carbonyl (C=O) groups excluding carboxylic acids is 2. The number of nitrogens with zero attached hydrogens (tertiary/aromatic N) is 3. The van der Waals surface area contributed by atoms with Crippen molar-refractivity contribution in [3.05, 3.63) is 71.7 Å². The van der Waals surface area contributed by atoms with E-state index in [9.17, 15) is 22.8 Å². The summed E-state index contributed by atoms with van der Waals surface area (Å²) < 4.78 is 43.1. The number of benzene rings is 1. The van der Waals surface area contributed by atoms with Gasteiger partial charge in [0, 0.05) is 36.3 Å². The zero-order chi connectivity index (χ0) is 27.1. The maximum absolute atomic E-state index is 12.9. The average molecular weight is 528 g/mol. The first-order valence-corrected chi connectivity index (χ1v) is 12.3. The van der Waals surface area contributed by atoms with Crippen LogP contribution < -0.4 is 10.6 Å². The van der Waals surface area contributed by atoms with Crippen molar-refractivity contribution in [1.82, 2.24) is 20.3 Å². The van der Waals surface area contributed by atoms with Gasteiger partial charge < -0.3 is 15.4 Å². The lowest BCUT2D eigenvalue weighted by Gasteiger charge is -2.25. The number of pyridine rings is 1. The molecular formula is C27H28F3N5O3. The van der Waals surface area contributed by atoms with Gasteiger partial charge in [0.25, 0.3) is 5.91 Å². The Morgan fingerprint density at radius 1 is 1.00 bits per heavy atom. The minimum atomic E-state index is -4.40. The summed E-state index contributed by atoms with van der Waals surface area (Å²) in [5.41, 5.74) is 0.985. The zero-order valence-electron chi connectivity index (χ0n) is 20.8. The topological polar surface area (TPSA) is 106 Å². The molecule has 4 rings (SSSR count). The van der Waals surface area contributed by atoms with Gasteiger partial charge in [-0.1, -0.05) is 25.0 Å². The van der Waals surface area contributed by atoms with Crippen LogP contribution in [0.3, 0.4) is 0 Å². The normalized spacial score (nSPS) is 14.6. The minimum absolute atomic E-state index is 0.0815. The quantitative estimate of drug-likeness (QED) is 0.369. The second-order valence-corrected chi connectivity index (χ2v) is 9.10. The Morgan fingerprint density at radius 2 is 1.68 bits per heavy atom. The number of nitrogens with one attached hydrogen (secondary N) is 2. The van der Waals surface area contributed by atoms with Gasteiger partial charge in [0.15, 0.2) is 5.82 Å². The van der Waals surface area contributed by atoms with Crippen molar-refractivity contribution in [2.45, 2.75) is 44.3 Å². The molecule has 1 saturated carbocycles. The van der Waals surface area contributed by atoms with Gasteiger partial charge in [0.1, 0.15) is 5.82 Å². The van der Waals surface area contributed by atoms with Crippen LogP contribution in [0, 0.1) is 5.92 Å². The van der Waals surface area contributed by atoms with Gasteiger partial charge in [-0.2, -0.15) is 13.2 Å². The van der Waals surface area contributed by atoms with E-state index in [1.807, 2.05) is 0 Å². The van der Waals surface area contributed by atoms with Crippen molar-refractivity contribution in [3.63, 3.8) is 0 Å². The number of rotatable bonds is 9. The first-order chi connectivity index (χ1) is 18.2. The molecule has 1 aromatic carbocycles. The van der Waals surface area contributed by atoms with Gasteiger partial charge in [-0.25, -0.2) is 15.0 Å². The molecule has 2 heterocycles. The van der Waals surface area contributed by atoms with Crippen LogP contribution in [-0.2, 0) is 15.7 Å². The summed E-state index contributed by atoms with van der Waals surface area (Å²) in [5, 5.41) is 6.10. The van der Waals surface area contributed by atoms with Gasteiger partial charge in [0.2, 0.25) is 0 Å². The molecule has 38 heavy (non-hydrogen) atoms. The maximum Gasteiger partial charge on any atom is 0.416 e. The molecule has 1 unspecified atom stereocenters. The second kappa shape index (κ2) is 12.0. The summed E-state index contributed by atoms with van der Waals surface area (Å²) in [6.07, 6.45) is 4.82. The van der Waals surface area contributed by atoms with E-state index in [1.165, 1.54) is 25.4 Å². The Balaban J connectivity index is 1.45. The fraction of sp³-hybridized carbons (Fsp3) is 0.370. The van der Waals surface area contributed by atoms with E-state index in [4.69, 9.17) is 0 Å². The van der Waals surface area contributed by atoms with Gasteiger partial charge >= 0.3 is 12.1 Å². The van der Waals surface area contributed by atoms with Crippen molar-refractivity contribution in [3.8, 4) is 11.4 Å². The Morgan fingerprint density at radius 3 is 2.26 bits per heavy atom. The van der Waals surface area contributed by atoms with Crippen LogP contribution >= 0.6 is 0 Å². The first-order valence-electron chi connectivity index (χ1n) is 12.3. The second-order valence-electron chi connectivity index (χ2n) is 9.10. The Labute approximate surface area is 218 Å². The number of amides is 1. The standard InChI is InChI=1S/C27H28F3N5O3/c1-38-23(36)12-13-31-26(37)19-8-11-22(32-14-19)35-24(17-4-2-3-5-17)20-15-33-25(34-16-20)18-6-9-21(10-7-18)27(28,29)30/h6-11,14-17,24H,2-5,12-13H2,1H3,(H,31,37)(H,32,35). The predicted octanol–water partition coefficient (Wildman–Crippen LogP) is 5.19. The molecule has 1 aliphatic rings. The number of aromatic nitrogens is 3. The van der Waals surface area contributed by atoms with E-state index >= 15 is 0 Å². The van der Waals surface area contributed by atoms with Crippen molar-refractivity contribution in [2.75, 3.05) is 19.0 Å².